The lowest BCUT2D eigenvalue weighted by Crippen LogP contribution is -2.02. The minimum absolute atomic E-state index is 0.0566. The number of carbonyl (C=O) groups is 1. The largest absolute Gasteiger partial charge is 0.493 e. The minimum Gasteiger partial charge on any atom is -0.493 e. The second-order valence-electron chi connectivity index (χ2n) is 4.20. The van der Waals surface area contributed by atoms with Crippen molar-refractivity contribution < 1.29 is 19.2 Å². The van der Waals surface area contributed by atoms with Gasteiger partial charge in [-0.1, -0.05) is 13.8 Å². The molecule has 0 aromatic heterocycles. The molecule has 0 amide bonds. The number of nitrogens with zero attached hydrogens (tertiary/aromatic N) is 1. The van der Waals surface area contributed by atoms with Crippen molar-refractivity contribution >= 4 is 11.5 Å². The molecule has 0 saturated heterocycles. The fraction of sp³-hybridized carbons (Fsp3) is 0.235. The van der Waals surface area contributed by atoms with Crippen molar-refractivity contribution in [1.29, 1.82) is 0 Å². The zero-order chi connectivity index (χ0) is 17.4. The molecule has 0 fully saturated rings. The normalized spacial score (nSPS) is 9.39. The Morgan fingerprint density at radius 2 is 1.43 bits per heavy atom. The third-order valence-corrected chi connectivity index (χ3v) is 2.99. The molecular weight excluding hydrogens is 298 g/mol. The fourth-order valence-electron chi connectivity index (χ4n) is 1.88. The molecule has 0 atom stereocenters. The highest BCUT2D eigenvalue weighted by atomic mass is 16.6. The molecule has 6 nitrogen and oxygen atoms in total. The highest BCUT2D eigenvalue weighted by Gasteiger charge is 2.14. The zero-order valence-electron chi connectivity index (χ0n) is 13.5. The van der Waals surface area contributed by atoms with Crippen molar-refractivity contribution in [3.05, 3.63) is 63.7 Å². The van der Waals surface area contributed by atoms with E-state index < -0.39 is 4.92 Å². The molecule has 2 aromatic rings. The van der Waals surface area contributed by atoms with Crippen molar-refractivity contribution in [1.82, 2.24) is 0 Å². The number of non-ortho nitro benzene ring substituents is 1. The number of nitro groups is 1. The molecule has 0 spiro atoms. The second-order valence-corrected chi connectivity index (χ2v) is 4.20. The van der Waals surface area contributed by atoms with E-state index in [1.807, 2.05) is 13.8 Å². The molecule has 0 bridgehead atoms. The van der Waals surface area contributed by atoms with Gasteiger partial charge in [0.2, 0.25) is 0 Å². The van der Waals surface area contributed by atoms with Crippen molar-refractivity contribution in [2.75, 3.05) is 14.2 Å². The molecule has 0 heterocycles. The maximum atomic E-state index is 12.3. The summed E-state index contributed by atoms with van der Waals surface area (Å²) in [6.45, 7) is 4.00. The summed E-state index contributed by atoms with van der Waals surface area (Å²) >= 11 is 0. The van der Waals surface area contributed by atoms with Crippen LogP contribution in [-0.4, -0.2) is 24.9 Å². The van der Waals surface area contributed by atoms with Gasteiger partial charge in [0.15, 0.2) is 17.3 Å². The Morgan fingerprint density at radius 1 is 0.913 bits per heavy atom. The maximum Gasteiger partial charge on any atom is 0.269 e. The fourth-order valence-corrected chi connectivity index (χ4v) is 1.88. The molecule has 0 aliphatic rings. The molecule has 6 heteroatoms. The van der Waals surface area contributed by atoms with Crippen LogP contribution in [-0.2, 0) is 0 Å². The summed E-state index contributed by atoms with van der Waals surface area (Å²) in [5.74, 6) is 0.730. The molecular formula is C17H19NO5. The zero-order valence-corrected chi connectivity index (χ0v) is 13.5. The molecule has 23 heavy (non-hydrogen) atoms. The highest BCUT2D eigenvalue weighted by molar-refractivity contribution is 6.09. The van der Waals surface area contributed by atoms with Gasteiger partial charge in [0.1, 0.15) is 0 Å². The number of nitro benzene ring substituents is 1. The van der Waals surface area contributed by atoms with E-state index in [-0.39, 0.29) is 11.5 Å². The monoisotopic (exact) mass is 317 g/mol. The Balaban J connectivity index is 0.00000127. The topological polar surface area (TPSA) is 78.7 Å². The smallest absolute Gasteiger partial charge is 0.269 e. The summed E-state index contributed by atoms with van der Waals surface area (Å²) < 4.78 is 10.3. The van der Waals surface area contributed by atoms with Crippen molar-refractivity contribution in [3.63, 3.8) is 0 Å². The van der Waals surface area contributed by atoms with Crippen LogP contribution in [0.5, 0.6) is 11.5 Å². The first kappa shape index (κ1) is 18.2. The Hall–Kier alpha value is -2.89. The van der Waals surface area contributed by atoms with Crippen molar-refractivity contribution in [2.24, 2.45) is 0 Å². The molecule has 0 saturated carbocycles. The van der Waals surface area contributed by atoms with Crippen molar-refractivity contribution in [3.8, 4) is 11.5 Å². The van der Waals surface area contributed by atoms with Gasteiger partial charge in [0.25, 0.3) is 5.69 Å². The molecule has 0 N–H and O–H groups in total. The first-order valence-corrected chi connectivity index (χ1v) is 7.08. The number of hydrogen-bond donors (Lipinski definition) is 0. The lowest BCUT2D eigenvalue weighted by molar-refractivity contribution is -0.384. The van der Waals surface area contributed by atoms with E-state index in [1.54, 1.807) is 18.2 Å². The van der Waals surface area contributed by atoms with Gasteiger partial charge in [-0.3, -0.25) is 14.9 Å². The van der Waals surface area contributed by atoms with Crippen LogP contribution in [0.4, 0.5) is 5.69 Å². The summed E-state index contributed by atoms with van der Waals surface area (Å²) in [5.41, 5.74) is 0.730. The van der Waals surface area contributed by atoms with Gasteiger partial charge in [-0.25, -0.2) is 0 Å². The van der Waals surface area contributed by atoms with Gasteiger partial charge < -0.3 is 9.47 Å². The van der Waals surface area contributed by atoms with E-state index in [9.17, 15) is 14.9 Å². The van der Waals surface area contributed by atoms with E-state index in [2.05, 4.69) is 0 Å². The molecule has 2 aromatic carbocycles. The van der Waals surface area contributed by atoms with Crippen LogP contribution in [0.1, 0.15) is 29.8 Å². The van der Waals surface area contributed by atoms with Crippen LogP contribution >= 0.6 is 0 Å². The lowest BCUT2D eigenvalue weighted by Gasteiger charge is -2.09. The van der Waals surface area contributed by atoms with Gasteiger partial charge in [-0.2, -0.15) is 0 Å². The number of hydrogen-bond acceptors (Lipinski definition) is 5. The van der Waals surface area contributed by atoms with Gasteiger partial charge in [0, 0.05) is 23.3 Å². The molecule has 2 rings (SSSR count). The van der Waals surface area contributed by atoms with Crippen LogP contribution in [0.3, 0.4) is 0 Å². The summed E-state index contributed by atoms with van der Waals surface area (Å²) in [4.78, 5) is 22.4. The number of ether oxygens (including phenoxy) is 2. The summed E-state index contributed by atoms with van der Waals surface area (Å²) in [7, 11) is 2.99. The van der Waals surface area contributed by atoms with Crippen LogP contribution in [0.15, 0.2) is 42.5 Å². The summed E-state index contributed by atoms with van der Waals surface area (Å²) in [6, 6.07) is 10.3. The first-order chi connectivity index (χ1) is 11.1. The molecule has 122 valence electrons. The lowest BCUT2D eigenvalue weighted by atomic mass is 10.0. The van der Waals surface area contributed by atoms with Gasteiger partial charge >= 0.3 is 0 Å². The Bertz CT molecular complexity index is 680. The molecule has 0 radical (unpaired) electrons. The number of ketones is 1. The average molecular weight is 317 g/mol. The average Bonchev–Trinajstić information content (AvgIpc) is 2.62. The number of methoxy groups -OCH3 is 2. The maximum absolute atomic E-state index is 12.3. The molecule has 0 unspecified atom stereocenters. The summed E-state index contributed by atoms with van der Waals surface area (Å²) in [6.07, 6.45) is 0. The van der Waals surface area contributed by atoms with Crippen LogP contribution < -0.4 is 9.47 Å². The Morgan fingerprint density at radius 3 is 1.91 bits per heavy atom. The molecule has 0 aliphatic heterocycles. The van der Waals surface area contributed by atoms with E-state index in [1.165, 1.54) is 38.5 Å². The first-order valence-electron chi connectivity index (χ1n) is 7.08. The summed E-state index contributed by atoms with van der Waals surface area (Å²) in [5, 5.41) is 10.6. The SMILES string of the molecule is CC.COc1ccc(C(=O)c2ccc([N+](=O)[O-])cc2)cc1OC. The standard InChI is InChI=1S/C15H13NO5.C2H6/c1-20-13-8-5-11(9-14(13)21-2)15(17)10-3-6-12(7-4-10)16(18)19;1-2/h3-9H,1-2H3;1-2H3. The van der Waals surface area contributed by atoms with E-state index in [0.29, 0.717) is 22.6 Å². The number of carbonyl (C=O) groups excluding carboxylic acids is 1. The predicted octanol–water partition coefficient (Wildman–Crippen LogP) is 3.87. The second kappa shape index (κ2) is 8.53. The van der Waals surface area contributed by atoms with E-state index in [0.717, 1.165) is 0 Å². The van der Waals surface area contributed by atoms with Crippen LogP contribution in [0.2, 0.25) is 0 Å². The van der Waals surface area contributed by atoms with Crippen molar-refractivity contribution in [2.45, 2.75) is 13.8 Å². The van der Waals surface area contributed by atoms with Gasteiger partial charge in [-0.05, 0) is 30.3 Å². The van der Waals surface area contributed by atoms with E-state index >= 15 is 0 Å². The van der Waals surface area contributed by atoms with Gasteiger partial charge in [0.05, 0.1) is 19.1 Å². The number of benzene rings is 2. The Kier molecular flexibility index (Phi) is 6.73. The number of rotatable bonds is 5. The van der Waals surface area contributed by atoms with E-state index in [4.69, 9.17) is 9.47 Å². The third kappa shape index (κ3) is 4.29. The predicted molar refractivity (Wildman–Crippen MR) is 87.4 cm³/mol. The highest BCUT2D eigenvalue weighted by Crippen LogP contribution is 2.28. The van der Waals surface area contributed by atoms with Crippen LogP contribution in [0.25, 0.3) is 0 Å². The minimum atomic E-state index is -0.509. The third-order valence-electron chi connectivity index (χ3n) is 2.99. The Labute approximate surface area is 134 Å². The van der Waals surface area contributed by atoms with Crippen LogP contribution in [0, 0.1) is 10.1 Å². The molecule has 0 aliphatic carbocycles. The quantitative estimate of drug-likeness (QED) is 0.475. The van der Waals surface area contributed by atoms with Gasteiger partial charge in [-0.15, -0.1) is 0 Å².